The zero-order valence-electron chi connectivity index (χ0n) is 18.7. The normalized spacial score (nSPS) is 11.4. The Morgan fingerprint density at radius 3 is 2.47 bits per heavy atom. The van der Waals surface area contributed by atoms with Crippen LogP contribution in [0, 0.1) is 10.1 Å². The first-order valence-corrected chi connectivity index (χ1v) is 11.7. The second kappa shape index (κ2) is 10.2. The van der Waals surface area contributed by atoms with Crippen LogP contribution in [0.4, 0.5) is 15.6 Å². The lowest BCUT2D eigenvalue weighted by atomic mass is 10.0. The Hall–Kier alpha value is -4.90. The van der Waals surface area contributed by atoms with Gasteiger partial charge in [-0.25, -0.2) is 10.2 Å². The number of benzene rings is 3. The molecule has 3 N–H and O–H groups in total. The van der Waals surface area contributed by atoms with Gasteiger partial charge < -0.3 is 4.98 Å². The van der Waals surface area contributed by atoms with Crippen LogP contribution in [0.25, 0.3) is 10.9 Å². The van der Waals surface area contributed by atoms with Crippen LogP contribution in [0.5, 0.6) is 0 Å². The summed E-state index contributed by atoms with van der Waals surface area (Å²) in [7, 11) is 0. The molecular weight excluding hydrogens is 478 g/mol. The number of nitro groups is 1. The number of H-pyrrole nitrogens is 1. The van der Waals surface area contributed by atoms with E-state index >= 15 is 0 Å². The molecule has 3 aromatic carbocycles. The highest BCUT2D eigenvalue weighted by atomic mass is 32.1. The molecule has 0 saturated carbocycles. The molecule has 5 aromatic rings. The number of anilines is 1. The third kappa shape index (κ3) is 5.10. The Balaban J connectivity index is 1.29. The average Bonchev–Trinajstić information content (AvgIpc) is 3.52. The summed E-state index contributed by atoms with van der Waals surface area (Å²) in [6, 6.07) is 22.6. The summed E-state index contributed by atoms with van der Waals surface area (Å²) in [6.07, 6.45) is 2.53. The maximum absolute atomic E-state index is 12.5. The first kappa shape index (κ1) is 22.9. The van der Waals surface area contributed by atoms with Gasteiger partial charge in [-0.1, -0.05) is 59.9 Å². The molecule has 0 unspecified atom stereocenters. The summed E-state index contributed by atoms with van der Waals surface area (Å²) in [4.78, 5) is 26.3. The van der Waals surface area contributed by atoms with E-state index < -0.39 is 11.0 Å². The Labute approximate surface area is 208 Å². The van der Waals surface area contributed by atoms with Gasteiger partial charge in [0.2, 0.25) is 5.13 Å². The number of carbonyl (C=O) groups is 1. The van der Waals surface area contributed by atoms with E-state index in [9.17, 15) is 14.9 Å². The molecule has 0 atom stereocenters. The van der Waals surface area contributed by atoms with Crippen molar-refractivity contribution in [2.75, 3.05) is 5.32 Å². The highest BCUT2D eigenvalue weighted by molar-refractivity contribution is 7.15. The molecule has 5 rings (SSSR count). The number of amides is 2. The third-order valence-electron chi connectivity index (χ3n) is 5.37. The summed E-state index contributed by atoms with van der Waals surface area (Å²) in [5.74, 6) is 0. The molecule has 0 aliphatic carbocycles. The van der Waals surface area contributed by atoms with Gasteiger partial charge in [-0.15, -0.1) is 10.2 Å². The first-order chi connectivity index (χ1) is 17.6. The Kier molecular flexibility index (Phi) is 6.45. The van der Waals surface area contributed by atoms with Gasteiger partial charge in [-0.2, -0.15) is 5.10 Å². The molecule has 0 fully saturated rings. The summed E-state index contributed by atoms with van der Waals surface area (Å²) < 4.78 is 0. The predicted octanol–water partition coefficient (Wildman–Crippen LogP) is 5.09. The minimum atomic E-state index is -0.583. The van der Waals surface area contributed by atoms with Gasteiger partial charge in [0.25, 0.3) is 5.69 Å². The van der Waals surface area contributed by atoms with Crippen LogP contribution in [0.3, 0.4) is 0 Å². The highest BCUT2D eigenvalue weighted by Gasteiger charge is 2.13. The Bertz CT molecular complexity index is 1560. The molecule has 36 heavy (non-hydrogen) atoms. The van der Waals surface area contributed by atoms with E-state index in [0.717, 1.165) is 27.0 Å². The Morgan fingerprint density at radius 2 is 1.69 bits per heavy atom. The molecule has 10 nitrogen and oxygen atoms in total. The number of aromatic nitrogens is 3. The molecule has 178 valence electrons. The van der Waals surface area contributed by atoms with Gasteiger partial charge in [0, 0.05) is 46.8 Å². The summed E-state index contributed by atoms with van der Waals surface area (Å²) in [5, 5.41) is 28.4. The SMILES string of the molecule is O=C(N/N=C(/c1ccccc1)c1ccc([N+](=O)[O-])cc1)Nc1nnc(Cc2c[nH]c3ccccc23)s1. The van der Waals surface area contributed by atoms with Crippen molar-refractivity contribution in [2.45, 2.75) is 6.42 Å². The molecule has 2 heterocycles. The molecule has 0 spiro atoms. The fraction of sp³-hybridized carbons (Fsp3) is 0.0400. The quantitative estimate of drug-likeness (QED) is 0.163. The minimum absolute atomic E-state index is 0.0309. The highest BCUT2D eigenvalue weighted by Crippen LogP contribution is 2.24. The van der Waals surface area contributed by atoms with Gasteiger partial charge >= 0.3 is 6.03 Å². The number of urea groups is 1. The van der Waals surface area contributed by atoms with Gasteiger partial charge in [0.1, 0.15) is 5.01 Å². The van der Waals surface area contributed by atoms with Crippen molar-refractivity contribution < 1.29 is 9.72 Å². The van der Waals surface area contributed by atoms with Crippen LogP contribution in [-0.4, -0.2) is 31.8 Å². The molecule has 2 aromatic heterocycles. The van der Waals surface area contributed by atoms with E-state index in [1.807, 2.05) is 60.8 Å². The number of carbonyl (C=O) groups excluding carboxylic acids is 1. The lowest BCUT2D eigenvalue weighted by molar-refractivity contribution is -0.384. The van der Waals surface area contributed by atoms with E-state index in [1.54, 1.807) is 12.1 Å². The summed E-state index contributed by atoms with van der Waals surface area (Å²) in [6.45, 7) is 0. The number of fused-ring (bicyclic) bond motifs is 1. The van der Waals surface area contributed by atoms with E-state index in [0.29, 0.717) is 22.8 Å². The molecular formula is C25H19N7O3S. The Morgan fingerprint density at radius 1 is 0.972 bits per heavy atom. The second-order valence-electron chi connectivity index (χ2n) is 7.73. The number of hydrogen-bond acceptors (Lipinski definition) is 7. The van der Waals surface area contributed by atoms with E-state index in [4.69, 9.17) is 0 Å². The number of nitrogens with one attached hydrogen (secondary N) is 3. The average molecular weight is 498 g/mol. The number of hydrazone groups is 1. The number of rotatable bonds is 7. The van der Waals surface area contributed by atoms with E-state index in [1.165, 1.54) is 23.5 Å². The number of para-hydroxylation sites is 1. The van der Waals surface area contributed by atoms with Crippen LogP contribution in [0.2, 0.25) is 0 Å². The molecule has 0 bridgehead atoms. The van der Waals surface area contributed by atoms with Crippen molar-refractivity contribution in [1.29, 1.82) is 0 Å². The van der Waals surface area contributed by atoms with Crippen LogP contribution < -0.4 is 10.7 Å². The van der Waals surface area contributed by atoms with Crippen molar-refractivity contribution in [3.8, 4) is 0 Å². The van der Waals surface area contributed by atoms with Gasteiger partial charge in [-0.3, -0.25) is 15.4 Å². The topological polar surface area (TPSA) is 138 Å². The molecule has 0 saturated heterocycles. The molecule has 0 radical (unpaired) electrons. The fourth-order valence-electron chi connectivity index (χ4n) is 3.68. The zero-order valence-corrected chi connectivity index (χ0v) is 19.5. The van der Waals surface area contributed by atoms with Crippen molar-refractivity contribution in [2.24, 2.45) is 5.10 Å². The van der Waals surface area contributed by atoms with Crippen molar-refractivity contribution in [3.63, 3.8) is 0 Å². The lowest BCUT2D eigenvalue weighted by Crippen LogP contribution is -2.26. The molecule has 0 aliphatic heterocycles. The van der Waals surface area contributed by atoms with Gasteiger partial charge in [-0.05, 0) is 23.8 Å². The standard InChI is InChI=1S/C25H19N7O3S/c33-24(27-25-31-28-22(36-25)14-18-15-26-21-9-5-4-8-20(18)21)30-29-23(16-6-2-1-3-7-16)17-10-12-19(13-11-17)32(34)35/h1-13,15,26H,14H2,(H2,27,30,31,33)/b29-23-. The van der Waals surface area contributed by atoms with E-state index in [-0.39, 0.29) is 5.69 Å². The summed E-state index contributed by atoms with van der Waals surface area (Å²) in [5.41, 5.74) is 6.41. The van der Waals surface area contributed by atoms with Crippen LogP contribution in [0.15, 0.2) is 90.2 Å². The number of aromatic amines is 1. The number of nitrogens with zero attached hydrogens (tertiary/aromatic N) is 4. The van der Waals surface area contributed by atoms with Crippen LogP contribution in [-0.2, 0) is 6.42 Å². The largest absolute Gasteiger partial charge is 0.361 e. The summed E-state index contributed by atoms with van der Waals surface area (Å²) >= 11 is 1.28. The maximum Gasteiger partial charge on any atom is 0.341 e. The fourth-order valence-corrected chi connectivity index (χ4v) is 4.44. The molecule has 11 heteroatoms. The first-order valence-electron chi connectivity index (χ1n) is 10.9. The van der Waals surface area contributed by atoms with Crippen LogP contribution >= 0.6 is 11.3 Å². The number of nitro benzene ring substituents is 1. The third-order valence-corrected chi connectivity index (χ3v) is 6.21. The second-order valence-corrected chi connectivity index (χ2v) is 8.80. The number of hydrogen-bond donors (Lipinski definition) is 3. The van der Waals surface area contributed by atoms with Crippen molar-refractivity contribution in [3.05, 3.63) is 117 Å². The molecule has 2 amide bonds. The van der Waals surface area contributed by atoms with Crippen molar-refractivity contribution >= 4 is 44.8 Å². The molecule has 0 aliphatic rings. The minimum Gasteiger partial charge on any atom is -0.361 e. The smallest absolute Gasteiger partial charge is 0.341 e. The van der Waals surface area contributed by atoms with Gasteiger partial charge in [0.05, 0.1) is 10.6 Å². The predicted molar refractivity (Wildman–Crippen MR) is 138 cm³/mol. The van der Waals surface area contributed by atoms with Crippen LogP contribution in [0.1, 0.15) is 21.7 Å². The lowest BCUT2D eigenvalue weighted by Gasteiger charge is -2.08. The monoisotopic (exact) mass is 497 g/mol. The van der Waals surface area contributed by atoms with Gasteiger partial charge in [0.15, 0.2) is 0 Å². The van der Waals surface area contributed by atoms with Crippen molar-refractivity contribution in [1.82, 2.24) is 20.6 Å². The van der Waals surface area contributed by atoms with E-state index in [2.05, 4.69) is 31.0 Å². The number of non-ortho nitro benzene ring substituents is 1. The zero-order chi connectivity index (χ0) is 24.9. The maximum atomic E-state index is 12.5.